The molecule has 2 atom stereocenters. The Morgan fingerprint density at radius 1 is 1.32 bits per heavy atom. The number of hydrogen-bond donors (Lipinski definition) is 1. The van der Waals surface area contributed by atoms with Gasteiger partial charge < -0.3 is 14.7 Å². The number of hydrogen-bond acceptors (Lipinski definition) is 3. The summed E-state index contributed by atoms with van der Waals surface area (Å²) in [5, 5.41) is 10.6. The van der Waals surface area contributed by atoms with E-state index in [-0.39, 0.29) is 0 Å². The molecule has 0 fully saturated rings. The SMILES string of the molecule is CCC(C)N(C)CC(O)COCc1ccc(Cl)cc1. The van der Waals surface area contributed by atoms with Gasteiger partial charge in [-0.15, -0.1) is 0 Å². The lowest BCUT2D eigenvalue weighted by Gasteiger charge is -2.25. The van der Waals surface area contributed by atoms with Gasteiger partial charge >= 0.3 is 0 Å². The lowest BCUT2D eigenvalue weighted by molar-refractivity contribution is 0.00848. The minimum atomic E-state index is -0.452. The fraction of sp³-hybridized carbons (Fsp3) is 0.600. The number of aliphatic hydroxyl groups excluding tert-OH is 1. The summed E-state index contributed by atoms with van der Waals surface area (Å²) in [5.74, 6) is 0. The maximum atomic E-state index is 9.90. The number of likely N-dealkylation sites (N-methyl/N-ethyl adjacent to an activating group) is 1. The molecule has 1 aromatic rings. The van der Waals surface area contributed by atoms with Gasteiger partial charge in [-0.3, -0.25) is 0 Å². The highest BCUT2D eigenvalue weighted by molar-refractivity contribution is 6.30. The largest absolute Gasteiger partial charge is 0.389 e. The van der Waals surface area contributed by atoms with Gasteiger partial charge in [0.05, 0.1) is 19.3 Å². The molecule has 0 aliphatic rings. The molecular weight excluding hydrogens is 262 g/mol. The number of nitrogens with zero attached hydrogens (tertiary/aromatic N) is 1. The van der Waals surface area contributed by atoms with E-state index >= 15 is 0 Å². The van der Waals surface area contributed by atoms with Crippen molar-refractivity contribution in [2.75, 3.05) is 20.2 Å². The molecule has 1 N–H and O–H groups in total. The summed E-state index contributed by atoms with van der Waals surface area (Å²) in [4.78, 5) is 2.15. The predicted octanol–water partition coefficient (Wildman–Crippen LogP) is 2.95. The van der Waals surface area contributed by atoms with Gasteiger partial charge in [0.15, 0.2) is 0 Å². The highest BCUT2D eigenvalue weighted by Gasteiger charge is 2.12. The summed E-state index contributed by atoms with van der Waals surface area (Å²) in [6.45, 7) is 5.78. The molecule has 0 saturated carbocycles. The molecule has 0 aliphatic carbocycles. The molecule has 1 rings (SSSR count). The van der Waals surface area contributed by atoms with Gasteiger partial charge in [-0.1, -0.05) is 30.7 Å². The summed E-state index contributed by atoms with van der Waals surface area (Å²) < 4.78 is 5.52. The van der Waals surface area contributed by atoms with Gasteiger partial charge in [0.2, 0.25) is 0 Å². The van der Waals surface area contributed by atoms with Crippen molar-refractivity contribution in [3.63, 3.8) is 0 Å². The van der Waals surface area contributed by atoms with Crippen LogP contribution in [0.5, 0.6) is 0 Å². The molecule has 108 valence electrons. The Hall–Kier alpha value is -0.610. The normalized spacial score (nSPS) is 14.6. The zero-order valence-electron chi connectivity index (χ0n) is 12.0. The Balaban J connectivity index is 2.23. The van der Waals surface area contributed by atoms with Crippen molar-refractivity contribution in [1.29, 1.82) is 0 Å². The van der Waals surface area contributed by atoms with E-state index in [0.717, 1.165) is 17.0 Å². The average molecular weight is 286 g/mol. The van der Waals surface area contributed by atoms with Crippen LogP contribution in [0.2, 0.25) is 5.02 Å². The highest BCUT2D eigenvalue weighted by Crippen LogP contribution is 2.10. The Bertz CT molecular complexity index is 356. The maximum absolute atomic E-state index is 9.90. The van der Waals surface area contributed by atoms with Crippen molar-refractivity contribution in [2.45, 2.75) is 39.0 Å². The molecule has 1 aromatic carbocycles. The Morgan fingerprint density at radius 3 is 2.53 bits per heavy atom. The molecule has 0 saturated heterocycles. The number of ether oxygens (including phenoxy) is 1. The molecule has 0 bridgehead atoms. The molecule has 0 amide bonds. The van der Waals surface area contributed by atoms with Crippen LogP contribution in [0.4, 0.5) is 0 Å². The van der Waals surface area contributed by atoms with Crippen molar-refractivity contribution < 1.29 is 9.84 Å². The summed E-state index contributed by atoms with van der Waals surface area (Å²) in [7, 11) is 2.02. The molecule has 3 nitrogen and oxygen atoms in total. The summed E-state index contributed by atoms with van der Waals surface area (Å²) >= 11 is 5.81. The first-order valence-electron chi connectivity index (χ1n) is 6.73. The summed E-state index contributed by atoms with van der Waals surface area (Å²) in [6, 6.07) is 8.02. The second-order valence-electron chi connectivity index (χ2n) is 4.99. The molecule has 0 aromatic heterocycles. The predicted molar refractivity (Wildman–Crippen MR) is 79.5 cm³/mol. The second-order valence-corrected chi connectivity index (χ2v) is 5.43. The first-order chi connectivity index (χ1) is 9.02. The van der Waals surface area contributed by atoms with E-state index in [0.29, 0.717) is 25.8 Å². The zero-order valence-corrected chi connectivity index (χ0v) is 12.7. The van der Waals surface area contributed by atoms with Crippen LogP contribution in [0.25, 0.3) is 0 Å². The summed E-state index contributed by atoms with van der Waals surface area (Å²) in [5.41, 5.74) is 1.06. The first-order valence-corrected chi connectivity index (χ1v) is 7.11. The number of aliphatic hydroxyl groups is 1. The van der Waals surface area contributed by atoms with Crippen LogP contribution < -0.4 is 0 Å². The van der Waals surface area contributed by atoms with Crippen LogP contribution in [0.3, 0.4) is 0 Å². The maximum Gasteiger partial charge on any atom is 0.0900 e. The topological polar surface area (TPSA) is 32.7 Å². The fourth-order valence-electron chi connectivity index (χ4n) is 1.77. The number of benzene rings is 1. The van der Waals surface area contributed by atoms with E-state index < -0.39 is 6.10 Å². The standard InChI is InChI=1S/C15H24ClNO2/c1-4-12(2)17(3)9-15(18)11-19-10-13-5-7-14(16)8-6-13/h5-8,12,15,18H,4,9-11H2,1-3H3. The Labute approximate surface area is 121 Å². The third-order valence-electron chi connectivity index (χ3n) is 3.33. The smallest absolute Gasteiger partial charge is 0.0900 e. The van der Waals surface area contributed by atoms with E-state index in [1.54, 1.807) is 0 Å². The lowest BCUT2D eigenvalue weighted by atomic mass is 10.2. The van der Waals surface area contributed by atoms with Crippen LogP contribution in [-0.4, -0.2) is 42.4 Å². The second kappa shape index (κ2) is 8.54. The molecule has 2 unspecified atom stereocenters. The monoisotopic (exact) mass is 285 g/mol. The van der Waals surface area contributed by atoms with Gasteiger partial charge in [0.1, 0.15) is 0 Å². The van der Waals surface area contributed by atoms with Crippen molar-refractivity contribution in [1.82, 2.24) is 4.90 Å². The molecule has 19 heavy (non-hydrogen) atoms. The molecular formula is C15H24ClNO2. The first kappa shape index (κ1) is 16.4. The van der Waals surface area contributed by atoms with E-state index in [4.69, 9.17) is 16.3 Å². The Kier molecular flexibility index (Phi) is 7.39. The molecule has 0 spiro atoms. The highest BCUT2D eigenvalue weighted by atomic mass is 35.5. The molecule has 4 heteroatoms. The van der Waals surface area contributed by atoms with E-state index in [2.05, 4.69) is 18.7 Å². The van der Waals surface area contributed by atoms with Crippen LogP contribution >= 0.6 is 11.6 Å². The van der Waals surface area contributed by atoms with Gasteiger partial charge in [-0.25, -0.2) is 0 Å². The Morgan fingerprint density at radius 2 is 1.95 bits per heavy atom. The molecule has 0 heterocycles. The van der Waals surface area contributed by atoms with E-state index in [1.165, 1.54) is 0 Å². The lowest BCUT2D eigenvalue weighted by Crippen LogP contribution is -2.37. The third-order valence-corrected chi connectivity index (χ3v) is 3.59. The minimum Gasteiger partial charge on any atom is -0.389 e. The zero-order chi connectivity index (χ0) is 14.3. The van der Waals surface area contributed by atoms with Gasteiger partial charge in [0, 0.05) is 17.6 Å². The van der Waals surface area contributed by atoms with Crippen molar-refractivity contribution in [2.24, 2.45) is 0 Å². The number of rotatable bonds is 8. The van der Waals surface area contributed by atoms with E-state index in [9.17, 15) is 5.11 Å². The van der Waals surface area contributed by atoms with Crippen molar-refractivity contribution in [3.05, 3.63) is 34.9 Å². The van der Waals surface area contributed by atoms with Crippen molar-refractivity contribution in [3.8, 4) is 0 Å². The quantitative estimate of drug-likeness (QED) is 0.797. The van der Waals surface area contributed by atoms with Gasteiger partial charge in [-0.05, 0) is 38.1 Å². The minimum absolute atomic E-state index is 0.351. The van der Waals surface area contributed by atoms with Crippen LogP contribution in [-0.2, 0) is 11.3 Å². The van der Waals surface area contributed by atoms with Crippen LogP contribution in [0.1, 0.15) is 25.8 Å². The van der Waals surface area contributed by atoms with Crippen molar-refractivity contribution >= 4 is 11.6 Å². The summed E-state index contributed by atoms with van der Waals surface area (Å²) in [6.07, 6.45) is 0.626. The molecule has 0 aliphatic heterocycles. The number of halogens is 1. The van der Waals surface area contributed by atoms with Gasteiger partial charge in [-0.2, -0.15) is 0 Å². The van der Waals surface area contributed by atoms with E-state index in [1.807, 2.05) is 31.3 Å². The average Bonchev–Trinajstić information content (AvgIpc) is 2.40. The van der Waals surface area contributed by atoms with Gasteiger partial charge in [0.25, 0.3) is 0 Å². The molecule has 0 radical (unpaired) electrons. The third kappa shape index (κ3) is 6.39. The van der Waals surface area contributed by atoms with Crippen LogP contribution in [0.15, 0.2) is 24.3 Å². The fourth-order valence-corrected chi connectivity index (χ4v) is 1.90. The van der Waals surface area contributed by atoms with Crippen LogP contribution in [0, 0.1) is 0 Å².